The van der Waals surface area contributed by atoms with E-state index >= 15 is 0 Å². The van der Waals surface area contributed by atoms with Gasteiger partial charge < -0.3 is 17.6 Å². The second-order valence-electron chi connectivity index (χ2n) is 4.54. The van der Waals surface area contributed by atoms with Crippen molar-refractivity contribution in [3.05, 3.63) is 64.3 Å². The molecule has 0 aliphatic carbocycles. The van der Waals surface area contributed by atoms with Gasteiger partial charge in [0.2, 0.25) is 0 Å². The molecule has 0 unspecified atom stereocenters. The number of nitrogens with zero attached hydrogens (tertiary/aromatic N) is 2. The van der Waals surface area contributed by atoms with Crippen molar-refractivity contribution >= 4 is 30.1 Å². The minimum absolute atomic E-state index is 0.582. The lowest BCUT2D eigenvalue weighted by Gasteiger charge is -2.30. The third kappa shape index (κ3) is 1.32. The summed E-state index contributed by atoms with van der Waals surface area (Å²) in [6, 6.07) is 7.32. The first-order chi connectivity index (χ1) is 9.19. The zero-order valence-corrected chi connectivity index (χ0v) is 10.6. The maximum absolute atomic E-state index is 14.5. The van der Waals surface area contributed by atoms with Crippen molar-refractivity contribution in [1.82, 2.24) is 4.48 Å². The smallest absolute Gasteiger partial charge is 0.396 e. The van der Waals surface area contributed by atoms with E-state index in [2.05, 4.69) is 0 Å². The van der Waals surface area contributed by atoms with Crippen molar-refractivity contribution in [2.45, 2.75) is 0 Å². The highest BCUT2D eigenvalue weighted by atomic mass is 32.1. The van der Waals surface area contributed by atoms with Crippen LogP contribution in [0.25, 0.3) is 5.57 Å². The molecule has 0 atom stereocenters. The summed E-state index contributed by atoms with van der Waals surface area (Å²) >= 11 is 1.56. The van der Waals surface area contributed by atoms with Gasteiger partial charge in [-0.05, 0) is 29.8 Å². The van der Waals surface area contributed by atoms with Gasteiger partial charge in [-0.3, -0.25) is 0 Å². The zero-order chi connectivity index (χ0) is 13.0. The molecule has 0 bridgehead atoms. The Balaban J connectivity index is 2.09. The summed E-state index contributed by atoms with van der Waals surface area (Å²) < 4.78 is 31.1. The maximum atomic E-state index is 14.5. The van der Waals surface area contributed by atoms with Gasteiger partial charge in [-0.15, -0.1) is 11.3 Å². The Bertz CT molecular complexity index is 753. The van der Waals surface area contributed by atoms with Gasteiger partial charge in [-0.25, -0.2) is 0 Å². The van der Waals surface area contributed by atoms with Gasteiger partial charge >= 0.3 is 6.97 Å². The Labute approximate surface area is 112 Å². The average molecular weight is 274 g/mol. The number of hydrogen-bond acceptors (Lipinski definition) is 1. The summed E-state index contributed by atoms with van der Waals surface area (Å²) in [7, 11) is 0. The van der Waals surface area contributed by atoms with Crippen molar-refractivity contribution in [2.24, 2.45) is 0 Å². The molecule has 0 saturated carbocycles. The van der Waals surface area contributed by atoms with E-state index in [9.17, 15) is 8.63 Å². The Morgan fingerprint density at radius 3 is 2.89 bits per heavy atom. The third-order valence-electron chi connectivity index (χ3n) is 3.51. The van der Waals surface area contributed by atoms with Crippen LogP contribution in [0.2, 0.25) is 0 Å². The van der Waals surface area contributed by atoms with E-state index in [0.29, 0.717) is 11.4 Å². The summed E-state index contributed by atoms with van der Waals surface area (Å²) in [5.74, 6) is 0. The van der Waals surface area contributed by atoms with Crippen LogP contribution in [0.15, 0.2) is 53.7 Å². The third-order valence-corrected chi connectivity index (χ3v) is 4.39. The molecule has 0 N–H and O–H groups in total. The Hall–Kier alpha value is -1.95. The molecule has 0 radical (unpaired) electrons. The highest BCUT2D eigenvalue weighted by Gasteiger charge is 2.51. The molecular weight excluding hydrogens is 265 g/mol. The normalized spacial score (nSPS) is 19.4. The van der Waals surface area contributed by atoms with Crippen LogP contribution in [0.1, 0.15) is 10.6 Å². The van der Waals surface area contributed by atoms with Gasteiger partial charge in [0.1, 0.15) is 6.21 Å². The summed E-state index contributed by atoms with van der Waals surface area (Å²) in [4.78, 5) is 1.01. The van der Waals surface area contributed by atoms with E-state index in [-0.39, 0.29) is 0 Å². The summed E-state index contributed by atoms with van der Waals surface area (Å²) in [6.07, 6.45) is 6.32. The molecule has 2 aliphatic heterocycles. The summed E-state index contributed by atoms with van der Waals surface area (Å²) in [5.41, 5.74) is 2.04. The van der Waals surface area contributed by atoms with Crippen LogP contribution in [-0.2, 0) is 0 Å². The topological polar surface area (TPSA) is 7.94 Å². The molecule has 2 aliphatic rings. The van der Waals surface area contributed by atoms with E-state index in [1.807, 2.05) is 17.5 Å². The van der Waals surface area contributed by atoms with Gasteiger partial charge in [0.05, 0.1) is 5.57 Å². The molecule has 0 aromatic carbocycles. The number of halogens is 2. The van der Waals surface area contributed by atoms with Crippen molar-refractivity contribution in [1.29, 1.82) is 0 Å². The lowest BCUT2D eigenvalue weighted by molar-refractivity contribution is -0.356. The number of aromatic nitrogens is 1. The molecule has 94 valence electrons. The number of rotatable bonds is 1. The van der Waals surface area contributed by atoms with Gasteiger partial charge in [-0.2, -0.15) is 0 Å². The largest absolute Gasteiger partial charge is 0.737 e. The standard InChI is InChI=1S/C13H9BF2N2S/c15-14(16)17-7-1-4-10(17)13(12-6-3-9-19-12)11-5-2-8-18(11)14/h1-9H. The second kappa shape index (κ2) is 3.54. The fourth-order valence-corrected chi connectivity index (χ4v) is 3.48. The van der Waals surface area contributed by atoms with E-state index in [0.717, 1.165) is 19.4 Å². The van der Waals surface area contributed by atoms with E-state index in [1.54, 1.807) is 35.6 Å². The van der Waals surface area contributed by atoms with E-state index in [1.165, 1.54) is 12.4 Å². The maximum Gasteiger partial charge on any atom is 0.737 e. The van der Waals surface area contributed by atoms with Crippen LogP contribution in [0.5, 0.6) is 0 Å². The van der Waals surface area contributed by atoms with Gasteiger partial charge in [0.25, 0.3) is 0 Å². The summed E-state index contributed by atoms with van der Waals surface area (Å²) in [5, 5.41) is 1.96. The molecule has 0 fully saturated rings. The van der Waals surface area contributed by atoms with Crippen molar-refractivity contribution in [2.75, 3.05) is 0 Å². The Morgan fingerprint density at radius 2 is 2.11 bits per heavy atom. The lowest BCUT2D eigenvalue weighted by Crippen LogP contribution is -2.49. The first-order valence-electron chi connectivity index (χ1n) is 5.97. The first kappa shape index (κ1) is 10.9. The molecule has 0 amide bonds. The number of allylic oxidation sites excluding steroid dienone is 2. The number of thiophene rings is 1. The van der Waals surface area contributed by atoms with Crippen molar-refractivity contribution < 1.29 is 13.1 Å². The lowest BCUT2D eigenvalue weighted by atomic mass is 9.88. The molecule has 4 heterocycles. The van der Waals surface area contributed by atoms with Crippen LogP contribution >= 0.6 is 11.3 Å². The SMILES string of the molecule is F[B-]1(F)n2cccc2C(c2cccs2)=C2C=CC=[N+]21. The molecule has 4 rings (SSSR count). The molecule has 2 aromatic heterocycles. The predicted octanol–water partition coefficient (Wildman–Crippen LogP) is 3.20. The highest BCUT2D eigenvalue weighted by molar-refractivity contribution is 7.11. The molecule has 19 heavy (non-hydrogen) atoms. The van der Waals surface area contributed by atoms with E-state index < -0.39 is 6.97 Å². The van der Waals surface area contributed by atoms with Crippen LogP contribution in [0.3, 0.4) is 0 Å². The Kier molecular flexibility index (Phi) is 2.04. The zero-order valence-electron chi connectivity index (χ0n) is 9.83. The molecule has 0 saturated heterocycles. The van der Waals surface area contributed by atoms with Gasteiger partial charge in [0, 0.05) is 22.7 Å². The molecule has 2 aromatic rings. The molecule has 2 nitrogen and oxygen atoms in total. The quantitative estimate of drug-likeness (QED) is 0.706. The monoisotopic (exact) mass is 274 g/mol. The highest BCUT2D eigenvalue weighted by Crippen LogP contribution is 2.39. The van der Waals surface area contributed by atoms with E-state index in [4.69, 9.17) is 0 Å². The van der Waals surface area contributed by atoms with Crippen molar-refractivity contribution in [3.63, 3.8) is 0 Å². The van der Waals surface area contributed by atoms with Crippen LogP contribution in [-0.4, -0.2) is 22.1 Å². The van der Waals surface area contributed by atoms with Gasteiger partial charge in [-0.1, -0.05) is 6.07 Å². The fraction of sp³-hybridized carbons (Fsp3) is 0. The number of hydrogen-bond donors (Lipinski definition) is 0. The van der Waals surface area contributed by atoms with Crippen molar-refractivity contribution in [3.8, 4) is 0 Å². The van der Waals surface area contributed by atoms with Crippen LogP contribution in [0.4, 0.5) is 8.63 Å². The fourth-order valence-electron chi connectivity index (χ4n) is 2.69. The van der Waals surface area contributed by atoms with Crippen LogP contribution < -0.4 is 0 Å². The van der Waals surface area contributed by atoms with Gasteiger partial charge in [0.15, 0.2) is 5.70 Å². The molecule has 6 heteroatoms. The number of fused-ring (bicyclic) bond motifs is 2. The minimum Gasteiger partial charge on any atom is -0.396 e. The minimum atomic E-state index is -3.78. The summed E-state index contributed by atoms with van der Waals surface area (Å²) in [6.45, 7) is -3.78. The Morgan fingerprint density at radius 1 is 1.21 bits per heavy atom. The molecule has 0 spiro atoms. The predicted molar refractivity (Wildman–Crippen MR) is 73.6 cm³/mol. The molecular formula is C13H9BF2N2S. The first-order valence-corrected chi connectivity index (χ1v) is 6.85. The van der Waals surface area contributed by atoms with Crippen LogP contribution in [0, 0.1) is 0 Å². The second-order valence-corrected chi connectivity index (χ2v) is 5.49. The average Bonchev–Trinajstić information content (AvgIpc) is 3.11.